The number of hydrogen-bond acceptors (Lipinski definition) is 3. The molecule has 2 aromatic rings. The number of aryl methyl sites for hydroxylation is 1. The molecule has 0 unspecified atom stereocenters. The van der Waals surface area contributed by atoms with Gasteiger partial charge in [-0.25, -0.2) is 13.1 Å². The fourth-order valence-electron chi connectivity index (χ4n) is 2.65. The van der Waals surface area contributed by atoms with Crippen molar-refractivity contribution in [1.82, 2.24) is 4.72 Å². The number of carbonyl (C=O) groups excluding carboxylic acids is 1. The summed E-state index contributed by atoms with van der Waals surface area (Å²) in [4.78, 5) is 14.7. The lowest BCUT2D eigenvalue weighted by atomic mass is 10.1. The summed E-state index contributed by atoms with van der Waals surface area (Å²) in [5.41, 5.74) is 1.58. The average Bonchev–Trinajstić information content (AvgIpc) is 2.53. The van der Waals surface area contributed by atoms with Crippen LogP contribution in [0.15, 0.2) is 53.4 Å². The molecule has 26 heavy (non-hydrogen) atoms. The maximum absolute atomic E-state index is 13.0. The molecule has 0 spiro atoms. The van der Waals surface area contributed by atoms with Crippen LogP contribution >= 0.6 is 0 Å². The van der Waals surface area contributed by atoms with Gasteiger partial charge in [0.05, 0.1) is 4.90 Å². The summed E-state index contributed by atoms with van der Waals surface area (Å²) in [7, 11) is -3.70. The number of sulfonamides is 1. The van der Waals surface area contributed by atoms with Crippen molar-refractivity contribution < 1.29 is 13.2 Å². The van der Waals surface area contributed by atoms with Crippen LogP contribution in [0.3, 0.4) is 0 Å². The van der Waals surface area contributed by atoms with Gasteiger partial charge in [0.2, 0.25) is 10.0 Å². The molecule has 1 amide bonds. The van der Waals surface area contributed by atoms with E-state index < -0.39 is 15.6 Å². The number of carbonyl (C=O) groups is 1. The SMILES string of the molecule is CCN(C(=O)c1cccc(S(=O)(=O)NC(C)(C)C)c1)c1cccc(C)c1. The Labute approximate surface area is 156 Å². The number of rotatable bonds is 5. The highest BCUT2D eigenvalue weighted by Crippen LogP contribution is 2.20. The molecule has 1 N–H and O–H groups in total. The monoisotopic (exact) mass is 374 g/mol. The van der Waals surface area contributed by atoms with Crippen molar-refractivity contribution in [2.24, 2.45) is 0 Å². The second-order valence-electron chi connectivity index (χ2n) is 7.27. The largest absolute Gasteiger partial charge is 0.309 e. The van der Waals surface area contributed by atoms with Crippen LogP contribution in [0.1, 0.15) is 43.6 Å². The van der Waals surface area contributed by atoms with E-state index in [1.807, 2.05) is 38.1 Å². The number of nitrogens with zero attached hydrogens (tertiary/aromatic N) is 1. The first-order valence-corrected chi connectivity index (χ1v) is 10.0. The highest BCUT2D eigenvalue weighted by Gasteiger charge is 2.24. The van der Waals surface area contributed by atoms with Crippen molar-refractivity contribution in [2.75, 3.05) is 11.4 Å². The first-order chi connectivity index (χ1) is 12.0. The lowest BCUT2D eigenvalue weighted by Crippen LogP contribution is -2.40. The van der Waals surface area contributed by atoms with Gasteiger partial charge in [-0.15, -0.1) is 0 Å². The predicted molar refractivity (Wildman–Crippen MR) is 105 cm³/mol. The highest BCUT2D eigenvalue weighted by atomic mass is 32.2. The number of amides is 1. The maximum Gasteiger partial charge on any atom is 0.258 e. The minimum Gasteiger partial charge on any atom is -0.309 e. The van der Waals surface area contributed by atoms with E-state index in [1.54, 1.807) is 37.8 Å². The fraction of sp³-hybridized carbons (Fsp3) is 0.350. The predicted octanol–water partition coefficient (Wildman–Crippen LogP) is 3.74. The van der Waals surface area contributed by atoms with E-state index in [0.717, 1.165) is 11.3 Å². The quantitative estimate of drug-likeness (QED) is 0.867. The van der Waals surface area contributed by atoms with E-state index in [9.17, 15) is 13.2 Å². The Balaban J connectivity index is 2.38. The van der Waals surface area contributed by atoms with Crippen LogP contribution in [0.4, 0.5) is 5.69 Å². The number of anilines is 1. The molecule has 0 fully saturated rings. The molecule has 140 valence electrons. The van der Waals surface area contributed by atoms with Crippen LogP contribution in [0.25, 0.3) is 0 Å². The van der Waals surface area contributed by atoms with Gasteiger partial charge < -0.3 is 4.90 Å². The molecule has 0 aliphatic carbocycles. The second-order valence-corrected chi connectivity index (χ2v) is 8.95. The highest BCUT2D eigenvalue weighted by molar-refractivity contribution is 7.89. The van der Waals surface area contributed by atoms with Crippen LogP contribution in [-0.4, -0.2) is 26.4 Å². The van der Waals surface area contributed by atoms with Crippen molar-refractivity contribution in [1.29, 1.82) is 0 Å². The molecule has 0 aromatic heterocycles. The average molecular weight is 375 g/mol. The van der Waals surface area contributed by atoms with E-state index in [4.69, 9.17) is 0 Å². The van der Waals surface area contributed by atoms with Gasteiger partial charge in [-0.3, -0.25) is 4.79 Å². The van der Waals surface area contributed by atoms with E-state index in [-0.39, 0.29) is 10.8 Å². The zero-order valence-corrected chi connectivity index (χ0v) is 16.7. The smallest absolute Gasteiger partial charge is 0.258 e. The van der Waals surface area contributed by atoms with Crippen molar-refractivity contribution in [3.8, 4) is 0 Å². The Hall–Kier alpha value is -2.18. The van der Waals surface area contributed by atoms with Gasteiger partial charge in [0, 0.05) is 23.3 Å². The van der Waals surface area contributed by atoms with Crippen molar-refractivity contribution in [3.63, 3.8) is 0 Å². The first kappa shape index (κ1) is 20.1. The molecule has 0 radical (unpaired) electrons. The Bertz CT molecular complexity index is 899. The fourth-order valence-corrected chi connectivity index (χ4v) is 4.12. The maximum atomic E-state index is 13.0. The topological polar surface area (TPSA) is 66.5 Å². The van der Waals surface area contributed by atoms with Crippen LogP contribution in [0, 0.1) is 6.92 Å². The van der Waals surface area contributed by atoms with E-state index in [1.165, 1.54) is 12.1 Å². The number of nitrogens with one attached hydrogen (secondary N) is 1. The van der Waals surface area contributed by atoms with Crippen LogP contribution in [-0.2, 0) is 10.0 Å². The molecule has 2 aromatic carbocycles. The molecule has 0 aliphatic heterocycles. The third-order valence-corrected chi connectivity index (χ3v) is 5.46. The summed E-state index contributed by atoms with van der Waals surface area (Å²) in [6.07, 6.45) is 0. The van der Waals surface area contributed by atoms with Gasteiger partial charge in [-0.2, -0.15) is 0 Å². The molecule has 0 saturated carbocycles. The zero-order valence-electron chi connectivity index (χ0n) is 15.9. The van der Waals surface area contributed by atoms with E-state index >= 15 is 0 Å². The molecule has 0 saturated heterocycles. The van der Waals surface area contributed by atoms with Crippen LogP contribution < -0.4 is 9.62 Å². The van der Waals surface area contributed by atoms with Gasteiger partial charge in [0.1, 0.15) is 0 Å². The summed E-state index contributed by atoms with van der Waals surface area (Å²) in [6.45, 7) is 9.66. The summed E-state index contributed by atoms with van der Waals surface area (Å²) in [5.74, 6) is -0.231. The molecule has 0 atom stereocenters. The molecule has 0 aliphatic rings. The van der Waals surface area contributed by atoms with Gasteiger partial charge in [0.25, 0.3) is 5.91 Å². The summed E-state index contributed by atoms with van der Waals surface area (Å²) in [5, 5.41) is 0. The Morgan fingerprint density at radius 2 is 1.73 bits per heavy atom. The zero-order chi connectivity index (χ0) is 19.5. The van der Waals surface area contributed by atoms with Crippen molar-refractivity contribution in [2.45, 2.75) is 45.1 Å². The molecular weight excluding hydrogens is 348 g/mol. The minimum atomic E-state index is -3.70. The van der Waals surface area contributed by atoms with Gasteiger partial charge in [-0.1, -0.05) is 18.2 Å². The molecule has 2 rings (SSSR count). The van der Waals surface area contributed by atoms with E-state index in [0.29, 0.717) is 12.1 Å². The molecule has 5 nitrogen and oxygen atoms in total. The van der Waals surface area contributed by atoms with Gasteiger partial charge in [-0.05, 0) is 70.5 Å². The normalized spacial score (nSPS) is 12.0. The number of benzene rings is 2. The molecule has 0 heterocycles. The summed E-state index contributed by atoms with van der Waals surface area (Å²) >= 11 is 0. The Morgan fingerprint density at radius 3 is 2.31 bits per heavy atom. The van der Waals surface area contributed by atoms with Gasteiger partial charge >= 0.3 is 0 Å². The third kappa shape index (κ3) is 4.93. The van der Waals surface area contributed by atoms with E-state index in [2.05, 4.69) is 4.72 Å². The Kier molecular flexibility index (Phi) is 5.88. The third-order valence-electron chi connectivity index (χ3n) is 3.71. The first-order valence-electron chi connectivity index (χ1n) is 8.56. The van der Waals surface area contributed by atoms with Crippen molar-refractivity contribution in [3.05, 3.63) is 59.7 Å². The minimum absolute atomic E-state index is 0.0820. The molecular formula is C20H26N2O3S. The van der Waals surface area contributed by atoms with Crippen LogP contribution in [0.5, 0.6) is 0 Å². The van der Waals surface area contributed by atoms with Crippen LogP contribution in [0.2, 0.25) is 0 Å². The summed E-state index contributed by atoms with van der Waals surface area (Å²) < 4.78 is 27.7. The second kappa shape index (κ2) is 7.60. The lowest BCUT2D eigenvalue weighted by molar-refractivity contribution is 0.0988. The van der Waals surface area contributed by atoms with Gasteiger partial charge in [0.15, 0.2) is 0 Å². The standard InChI is InChI=1S/C20H26N2O3S/c1-6-22(17-11-7-9-15(2)13-17)19(23)16-10-8-12-18(14-16)26(24,25)21-20(3,4)5/h7-14,21H,6H2,1-5H3. The molecule has 6 heteroatoms. The number of hydrogen-bond donors (Lipinski definition) is 1. The van der Waals surface area contributed by atoms with Crippen molar-refractivity contribution >= 4 is 21.6 Å². The lowest BCUT2D eigenvalue weighted by Gasteiger charge is -2.23. The molecule has 0 bridgehead atoms. The Morgan fingerprint density at radius 1 is 1.08 bits per heavy atom. The summed E-state index contributed by atoms with van der Waals surface area (Å²) in [6, 6.07) is 13.8.